The van der Waals surface area contributed by atoms with E-state index in [0.29, 0.717) is 28.8 Å². The van der Waals surface area contributed by atoms with E-state index >= 15 is 0 Å². The van der Waals surface area contributed by atoms with Crippen molar-refractivity contribution in [2.24, 2.45) is 7.05 Å². The Morgan fingerprint density at radius 3 is 2.46 bits per heavy atom. The van der Waals surface area contributed by atoms with Crippen LogP contribution < -0.4 is 0 Å². The summed E-state index contributed by atoms with van der Waals surface area (Å²) >= 11 is 12.1. The van der Waals surface area contributed by atoms with Gasteiger partial charge in [0.05, 0.1) is 10.0 Å². The van der Waals surface area contributed by atoms with Crippen LogP contribution in [0.4, 0.5) is 0 Å². The maximum absolute atomic E-state index is 12.9. The van der Waals surface area contributed by atoms with Crippen LogP contribution in [0.3, 0.4) is 0 Å². The van der Waals surface area contributed by atoms with Crippen molar-refractivity contribution in [2.45, 2.75) is 13.0 Å². The lowest BCUT2D eigenvalue weighted by atomic mass is 10.2. The van der Waals surface area contributed by atoms with Crippen molar-refractivity contribution in [1.29, 1.82) is 0 Å². The Bertz CT molecular complexity index is 697. The average molecular weight is 368 g/mol. The van der Waals surface area contributed by atoms with Crippen molar-refractivity contribution in [3.05, 3.63) is 57.8 Å². The Labute approximate surface area is 153 Å². The fraction of sp³-hybridized carbons (Fsp3) is 0.389. The molecular weight excluding hydrogens is 345 g/mol. The fourth-order valence-corrected chi connectivity index (χ4v) is 2.85. The molecule has 0 saturated heterocycles. The van der Waals surface area contributed by atoms with E-state index in [9.17, 15) is 4.79 Å². The van der Waals surface area contributed by atoms with E-state index in [1.165, 1.54) is 0 Å². The van der Waals surface area contributed by atoms with Gasteiger partial charge in [0.15, 0.2) is 0 Å². The molecule has 2 aromatic rings. The Morgan fingerprint density at radius 1 is 1.12 bits per heavy atom. The van der Waals surface area contributed by atoms with Crippen LogP contribution in [0.2, 0.25) is 10.0 Å². The van der Waals surface area contributed by atoms with Crippen LogP contribution in [0.1, 0.15) is 22.5 Å². The monoisotopic (exact) mass is 367 g/mol. The molecular formula is C18H23Cl2N3O. The molecule has 1 heterocycles. The lowest BCUT2D eigenvalue weighted by molar-refractivity contribution is 0.0728. The second-order valence-electron chi connectivity index (χ2n) is 6.14. The number of amides is 1. The molecule has 0 radical (unpaired) electrons. The van der Waals surface area contributed by atoms with E-state index in [0.717, 1.165) is 18.5 Å². The van der Waals surface area contributed by atoms with Crippen LogP contribution in [0.15, 0.2) is 36.5 Å². The zero-order valence-corrected chi connectivity index (χ0v) is 15.8. The third kappa shape index (κ3) is 5.00. The number of aryl methyl sites for hydroxylation is 1. The number of carbonyl (C=O) groups is 1. The predicted octanol–water partition coefficient (Wildman–Crippen LogP) is 3.93. The van der Waals surface area contributed by atoms with Crippen molar-refractivity contribution in [1.82, 2.24) is 14.4 Å². The molecule has 4 nitrogen and oxygen atoms in total. The topological polar surface area (TPSA) is 28.5 Å². The Balaban J connectivity index is 2.16. The number of nitrogens with zero attached hydrogens (tertiary/aromatic N) is 3. The summed E-state index contributed by atoms with van der Waals surface area (Å²) in [6.45, 7) is 2.12. The summed E-state index contributed by atoms with van der Waals surface area (Å²) in [5.74, 6) is 0.0207. The first-order chi connectivity index (χ1) is 11.4. The standard InChI is InChI=1S/C18H23Cl2N3O/c1-21(2)9-5-11-23(18(24)17-6-4-10-22(17)3)13-14-7-8-15(19)16(20)12-14/h4,6-8,10,12H,5,9,11,13H2,1-3H3. The third-order valence-electron chi connectivity index (χ3n) is 3.84. The molecule has 0 saturated carbocycles. The minimum absolute atomic E-state index is 0.0207. The highest BCUT2D eigenvalue weighted by Gasteiger charge is 2.18. The Kier molecular flexibility index (Phi) is 6.72. The predicted molar refractivity (Wildman–Crippen MR) is 99.8 cm³/mol. The first kappa shape index (κ1) is 18.8. The maximum Gasteiger partial charge on any atom is 0.270 e. The molecule has 0 N–H and O–H groups in total. The van der Waals surface area contributed by atoms with Gasteiger partial charge in [0.2, 0.25) is 0 Å². The number of aromatic nitrogens is 1. The van der Waals surface area contributed by atoms with Gasteiger partial charge in [0.25, 0.3) is 5.91 Å². The largest absolute Gasteiger partial charge is 0.347 e. The number of carbonyl (C=O) groups excluding carboxylic acids is 1. The number of halogens is 2. The molecule has 0 unspecified atom stereocenters. The Morgan fingerprint density at radius 2 is 1.88 bits per heavy atom. The van der Waals surface area contributed by atoms with Crippen molar-refractivity contribution < 1.29 is 4.79 Å². The molecule has 0 fully saturated rings. The van der Waals surface area contributed by atoms with Crippen molar-refractivity contribution >= 4 is 29.1 Å². The molecule has 6 heteroatoms. The van der Waals surface area contributed by atoms with Crippen molar-refractivity contribution in [3.8, 4) is 0 Å². The van der Waals surface area contributed by atoms with Crippen LogP contribution in [0.25, 0.3) is 0 Å². The van der Waals surface area contributed by atoms with Gasteiger partial charge >= 0.3 is 0 Å². The van der Waals surface area contributed by atoms with E-state index in [2.05, 4.69) is 4.90 Å². The van der Waals surface area contributed by atoms with Crippen LogP contribution >= 0.6 is 23.2 Å². The summed E-state index contributed by atoms with van der Waals surface area (Å²) in [7, 11) is 5.94. The molecule has 1 amide bonds. The van der Waals surface area contributed by atoms with E-state index in [-0.39, 0.29) is 5.91 Å². The van der Waals surface area contributed by atoms with E-state index in [1.807, 2.05) is 61.1 Å². The maximum atomic E-state index is 12.9. The first-order valence-corrected chi connectivity index (χ1v) is 8.63. The molecule has 1 aromatic heterocycles. The van der Waals surface area contributed by atoms with Crippen LogP contribution in [-0.4, -0.2) is 47.5 Å². The molecule has 130 valence electrons. The Hall–Kier alpha value is -1.49. The summed E-state index contributed by atoms with van der Waals surface area (Å²) in [5, 5.41) is 1.03. The lowest BCUT2D eigenvalue weighted by Gasteiger charge is -2.24. The number of rotatable bonds is 7. The second kappa shape index (κ2) is 8.56. The molecule has 24 heavy (non-hydrogen) atoms. The minimum Gasteiger partial charge on any atom is -0.347 e. The van der Waals surface area contributed by atoms with Crippen LogP contribution in [-0.2, 0) is 13.6 Å². The molecule has 0 aliphatic heterocycles. The summed E-state index contributed by atoms with van der Waals surface area (Å²) < 4.78 is 1.84. The summed E-state index contributed by atoms with van der Waals surface area (Å²) in [6.07, 6.45) is 2.79. The summed E-state index contributed by atoms with van der Waals surface area (Å²) in [6, 6.07) is 9.22. The highest BCUT2D eigenvalue weighted by atomic mass is 35.5. The van der Waals surface area contributed by atoms with Gasteiger partial charge in [-0.25, -0.2) is 0 Å². The van der Waals surface area contributed by atoms with Gasteiger partial charge in [-0.1, -0.05) is 29.3 Å². The smallest absolute Gasteiger partial charge is 0.270 e. The van der Waals surface area contributed by atoms with Gasteiger partial charge in [-0.05, 0) is 56.9 Å². The van der Waals surface area contributed by atoms with Gasteiger partial charge in [0.1, 0.15) is 5.69 Å². The van der Waals surface area contributed by atoms with Crippen molar-refractivity contribution in [2.75, 3.05) is 27.2 Å². The minimum atomic E-state index is 0.0207. The fourth-order valence-electron chi connectivity index (χ4n) is 2.53. The van der Waals surface area contributed by atoms with Gasteiger partial charge in [-0.2, -0.15) is 0 Å². The van der Waals surface area contributed by atoms with E-state index < -0.39 is 0 Å². The number of hydrogen-bond donors (Lipinski definition) is 0. The quantitative estimate of drug-likeness (QED) is 0.741. The molecule has 0 aliphatic rings. The van der Waals surface area contributed by atoms with E-state index in [1.54, 1.807) is 6.07 Å². The zero-order valence-electron chi connectivity index (χ0n) is 14.3. The van der Waals surface area contributed by atoms with Crippen molar-refractivity contribution in [3.63, 3.8) is 0 Å². The van der Waals surface area contributed by atoms with Gasteiger partial charge in [-0.15, -0.1) is 0 Å². The summed E-state index contributed by atoms with van der Waals surface area (Å²) in [4.78, 5) is 16.9. The van der Waals surface area contributed by atoms with Gasteiger partial charge in [-0.3, -0.25) is 4.79 Å². The zero-order chi connectivity index (χ0) is 17.7. The highest BCUT2D eigenvalue weighted by Crippen LogP contribution is 2.23. The van der Waals surface area contributed by atoms with Crippen LogP contribution in [0.5, 0.6) is 0 Å². The second-order valence-corrected chi connectivity index (χ2v) is 6.95. The SMILES string of the molecule is CN(C)CCCN(Cc1ccc(Cl)c(Cl)c1)C(=O)c1cccn1C. The number of hydrogen-bond acceptors (Lipinski definition) is 2. The molecule has 2 rings (SSSR count). The average Bonchev–Trinajstić information content (AvgIpc) is 2.95. The highest BCUT2D eigenvalue weighted by molar-refractivity contribution is 6.42. The van der Waals surface area contributed by atoms with Gasteiger partial charge in [0, 0.05) is 26.3 Å². The normalized spacial score (nSPS) is 11.1. The number of benzene rings is 1. The molecule has 0 spiro atoms. The first-order valence-electron chi connectivity index (χ1n) is 7.87. The molecule has 0 atom stereocenters. The molecule has 1 aromatic carbocycles. The van der Waals surface area contributed by atoms with Gasteiger partial charge < -0.3 is 14.4 Å². The van der Waals surface area contributed by atoms with E-state index in [4.69, 9.17) is 23.2 Å². The lowest BCUT2D eigenvalue weighted by Crippen LogP contribution is -2.34. The molecule has 0 bridgehead atoms. The molecule has 0 aliphatic carbocycles. The summed E-state index contributed by atoms with van der Waals surface area (Å²) in [5.41, 5.74) is 1.65. The third-order valence-corrected chi connectivity index (χ3v) is 4.58. The van der Waals surface area contributed by atoms with Crippen LogP contribution in [0, 0.1) is 0 Å².